The first-order valence-corrected chi connectivity index (χ1v) is 10.3. The highest BCUT2D eigenvalue weighted by Gasteiger charge is 2.37. The highest BCUT2D eigenvalue weighted by Crippen LogP contribution is 2.34. The van der Waals surface area contributed by atoms with E-state index in [-0.39, 0.29) is 17.6 Å². The van der Waals surface area contributed by atoms with Gasteiger partial charge in [-0.05, 0) is 49.4 Å². The molecule has 1 aromatic rings. The molecule has 1 aliphatic heterocycles. The van der Waals surface area contributed by atoms with Gasteiger partial charge in [0, 0.05) is 10.0 Å². The predicted octanol–water partition coefficient (Wildman–Crippen LogP) is 3.38. The Labute approximate surface area is 180 Å². The van der Waals surface area contributed by atoms with Crippen LogP contribution in [0.15, 0.2) is 27.6 Å². The molecule has 2 rings (SSSR count). The molecule has 1 saturated heterocycles. The van der Waals surface area contributed by atoms with Crippen molar-refractivity contribution in [3.63, 3.8) is 0 Å². The van der Waals surface area contributed by atoms with E-state index in [0.29, 0.717) is 34.0 Å². The normalized spacial score (nSPS) is 16.1. The summed E-state index contributed by atoms with van der Waals surface area (Å²) in [5.41, 5.74) is 0.482. The van der Waals surface area contributed by atoms with Crippen molar-refractivity contribution in [3.05, 3.63) is 33.1 Å². The third kappa shape index (κ3) is 6.33. The van der Waals surface area contributed by atoms with Crippen molar-refractivity contribution < 1.29 is 33.4 Å². The van der Waals surface area contributed by atoms with Gasteiger partial charge in [-0.1, -0.05) is 22.9 Å². The highest BCUT2D eigenvalue weighted by atomic mass is 79.9. The second-order valence-corrected chi connectivity index (χ2v) is 7.93. The maximum Gasteiger partial charge on any atom is 0.343 e. The van der Waals surface area contributed by atoms with Crippen LogP contribution < -0.4 is 4.74 Å². The first kappa shape index (κ1) is 23.0. The zero-order valence-corrected chi connectivity index (χ0v) is 18.5. The Morgan fingerprint density at radius 3 is 2.66 bits per heavy atom. The van der Waals surface area contributed by atoms with E-state index >= 15 is 0 Å². The summed E-state index contributed by atoms with van der Waals surface area (Å²) in [4.78, 5) is 49.0. The summed E-state index contributed by atoms with van der Waals surface area (Å²) in [7, 11) is 1.25. The van der Waals surface area contributed by atoms with Gasteiger partial charge in [0.25, 0.3) is 11.1 Å². The monoisotopic (exact) mass is 485 g/mol. The van der Waals surface area contributed by atoms with Gasteiger partial charge in [0.2, 0.25) is 0 Å². The molecule has 0 saturated carbocycles. The Balaban J connectivity index is 2.19. The van der Waals surface area contributed by atoms with E-state index in [1.165, 1.54) is 13.2 Å². The molecule has 0 spiro atoms. The van der Waals surface area contributed by atoms with Crippen LogP contribution in [0.3, 0.4) is 0 Å². The largest absolute Gasteiger partial charge is 0.481 e. The van der Waals surface area contributed by atoms with Gasteiger partial charge in [0.05, 0.1) is 18.1 Å². The number of ether oxygens (including phenoxy) is 3. The van der Waals surface area contributed by atoms with Crippen molar-refractivity contribution in [1.29, 1.82) is 0 Å². The standard InChI is InChI=1S/C19H20BrNO7S/c1-4-11(2)28-16(22)9-21-18(24)15(29-19(21)25)8-12-7-13(20)5-6-14(12)27-10-17(23)26-3/h5-8,11H,4,9-10H2,1-3H3/b15-8+/t11-/m0/s1. The zero-order valence-electron chi connectivity index (χ0n) is 16.1. The van der Waals surface area contributed by atoms with Crippen LogP contribution in [0.2, 0.25) is 0 Å². The fourth-order valence-corrected chi connectivity index (χ4v) is 3.42. The van der Waals surface area contributed by atoms with Gasteiger partial charge >= 0.3 is 11.9 Å². The van der Waals surface area contributed by atoms with Gasteiger partial charge in [-0.2, -0.15) is 0 Å². The first-order valence-electron chi connectivity index (χ1n) is 8.69. The van der Waals surface area contributed by atoms with Crippen molar-refractivity contribution in [2.75, 3.05) is 20.3 Å². The van der Waals surface area contributed by atoms with Crippen molar-refractivity contribution in [1.82, 2.24) is 4.90 Å². The number of amides is 2. The summed E-state index contributed by atoms with van der Waals surface area (Å²) in [6.07, 6.45) is 1.81. The lowest BCUT2D eigenvalue weighted by Crippen LogP contribution is -2.35. The number of hydrogen-bond donors (Lipinski definition) is 0. The van der Waals surface area contributed by atoms with Crippen LogP contribution >= 0.6 is 27.7 Å². The summed E-state index contributed by atoms with van der Waals surface area (Å²) in [5, 5.41) is -0.561. The topological polar surface area (TPSA) is 99.2 Å². The van der Waals surface area contributed by atoms with Crippen LogP contribution in [0.5, 0.6) is 5.75 Å². The van der Waals surface area contributed by atoms with E-state index in [9.17, 15) is 19.2 Å². The zero-order chi connectivity index (χ0) is 21.6. The van der Waals surface area contributed by atoms with Gasteiger partial charge < -0.3 is 14.2 Å². The predicted molar refractivity (Wildman–Crippen MR) is 110 cm³/mol. The second kappa shape index (κ2) is 10.4. The molecule has 29 heavy (non-hydrogen) atoms. The third-order valence-electron chi connectivity index (χ3n) is 3.90. The smallest absolute Gasteiger partial charge is 0.343 e. The summed E-state index contributed by atoms with van der Waals surface area (Å²) in [6.45, 7) is 2.84. The molecule has 1 heterocycles. The number of thioether (sulfide) groups is 1. The van der Waals surface area contributed by atoms with Crippen LogP contribution in [-0.2, 0) is 23.9 Å². The fourth-order valence-electron chi connectivity index (χ4n) is 2.21. The lowest BCUT2D eigenvalue weighted by molar-refractivity contribution is -0.150. The molecule has 1 aromatic carbocycles. The van der Waals surface area contributed by atoms with E-state index in [4.69, 9.17) is 9.47 Å². The van der Waals surface area contributed by atoms with Crippen molar-refractivity contribution in [2.24, 2.45) is 0 Å². The van der Waals surface area contributed by atoms with E-state index in [2.05, 4.69) is 20.7 Å². The molecule has 0 radical (unpaired) electrons. The molecule has 0 unspecified atom stereocenters. The quantitative estimate of drug-likeness (QED) is 0.408. The van der Waals surface area contributed by atoms with Gasteiger partial charge in [0.1, 0.15) is 12.3 Å². The fraction of sp³-hybridized carbons (Fsp3) is 0.368. The second-order valence-electron chi connectivity index (χ2n) is 6.02. The Morgan fingerprint density at radius 1 is 1.28 bits per heavy atom. The van der Waals surface area contributed by atoms with Gasteiger partial charge in [-0.25, -0.2) is 4.79 Å². The molecule has 0 aliphatic carbocycles. The van der Waals surface area contributed by atoms with E-state index < -0.39 is 29.6 Å². The minimum absolute atomic E-state index is 0.132. The SMILES string of the molecule is CC[C@H](C)OC(=O)CN1C(=O)S/C(=C/c2cc(Br)ccc2OCC(=O)OC)C1=O. The maximum absolute atomic E-state index is 12.6. The molecule has 1 fully saturated rings. The molecule has 8 nitrogen and oxygen atoms in total. The average Bonchev–Trinajstić information content (AvgIpc) is 2.94. The molecular weight excluding hydrogens is 466 g/mol. The lowest BCUT2D eigenvalue weighted by atomic mass is 10.2. The van der Waals surface area contributed by atoms with Crippen LogP contribution in [0, 0.1) is 0 Å². The van der Waals surface area contributed by atoms with Crippen molar-refractivity contribution in [2.45, 2.75) is 26.4 Å². The minimum Gasteiger partial charge on any atom is -0.481 e. The number of esters is 2. The minimum atomic E-state index is -0.646. The van der Waals surface area contributed by atoms with Crippen LogP contribution in [0.1, 0.15) is 25.8 Å². The number of hydrogen-bond acceptors (Lipinski definition) is 8. The number of halogens is 1. The highest BCUT2D eigenvalue weighted by molar-refractivity contribution is 9.10. The van der Waals surface area contributed by atoms with Crippen molar-refractivity contribution in [3.8, 4) is 5.75 Å². The molecule has 10 heteroatoms. The number of nitrogens with zero attached hydrogens (tertiary/aromatic N) is 1. The summed E-state index contributed by atoms with van der Waals surface area (Å²) in [5.74, 6) is -1.46. The van der Waals surface area contributed by atoms with Crippen LogP contribution in [-0.4, -0.2) is 54.4 Å². The Hall–Kier alpha value is -2.33. The number of carbonyl (C=O) groups is 4. The number of carbonyl (C=O) groups excluding carboxylic acids is 4. The number of imide groups is 1. The molecule has 1 atom stereocenters. The molecule has 0 bridgehead atoms. The summed E-state index contributed by atoms with van der Waals surface area (Å²) < 4.78 is 15.8. The van der Waals surface area contributed by atoms with Gasteiger partial charge in [-0.3, -0.25) is 19.3 Å². The van der Waals surface area contributed by atoms with E-state index in [0.717, 1.165) is 4.90 Å². The summed E-state index contributed by atoms with van der Waals surface area (Å²) >= 11 is 4.05. The lowest BCUT2D eigenvalue weighted by Gasteiger charge is -2.15. The molecule has 1 aliphatic rings. The molecule has 156 valence electrons. The Kier molecular flexibility index (Phi) is 8.27. The van der Waals surface area contributed by atoms with Crippen molar-refractivity contribution >= 4 is 56.9 Å². The third-order valence-corrected chi connectivity index (χ3v) is 5.30. The van der Waals surface area contributed by atoms with Crippen LogP contribution in [0.4, 0.5) is 4.79 Å². The number of methoxy groups -OCH3 is 1. The van der Waals surface area contributed by atoms with Crippen LogP contribution in [0.25, 0.3) is 6.08 Å². The number of benzene rings is 1. The molecular formula is C19H20BrNO7S. The molecule has 0 aromatic heterocycles. The number of rotatable bonds is 8. The average molecular weight is 486 g/mol. The van der Waals surface area contributed by atoms with Gasteiger partial charge in [-0.15, -0.1) is 0 Å². The summed E-state index contributed by atoms with van der Waals surface area (Å²) in [6, 6.07) is 5.00. The maximum atomic E-state index is 12.6. The molecule has 2 amide bonds. The Morgan fingerprint density at radius 2 is 2.00 bits per heavy atom. The van der Waals surface area contributed by atoms with E-state index in [1.54, 1.807) is 25.1 Å². The Bertz CT molecular complexity index is 855. The van der Waals surface area contributed by atoms with E-state index in [1.807, 2.05) is 6.92 Å². The molecule has 0 N–H and O–H groups in total. The first-order chi connectivity index (χ1) is 13.7. The van der Waals surface area contributed by atoms with Gasteiger partial charge in [0.15, 0.2) is 6.61 Å².